The number of nitro groups is 1. The van der Waals surface area contributed by atoms with E-state index < -0.39 is 4.92 Å². The Morgan fingerprint density at radius 1 is 1.38 bits per heavy atom. The van der Waals surface area contributed by atoms with E-state index in [1.165, 1.54) is 12.1 Å². The van der Waals surface area contributed by atoms with Crippen LogP contribution in [-0.4, -0.2) is 21.6 Å². The second-order valence-electron chi connectivity index (χ2n) is 4.92. The number of nitro benzene ring substituents is 1. The number of nitrogens with zero attached hydrogens (tertiary/aromatic N) is 3. The Hall–Kier alpha value is -2.28. The topological polar surface area (TPSA) is 108 Å². The van der Waals surface area contributed by atoms with Gasteiger partial charge in [0.1, 0.15) is 0 Å². The predicted octanol–water partition coefficient (Wildman–Crippen LogP) is 2.66. The minimum Gasteiger partial charge on any atom is -0.338 e. The van der Waals surface area contributed by atoms with Crippen LogP contribution in [0.15, 0.2) is 28.8 Å². The standard InChI is InChI=1S/C14H18N4O3/c1-3-14(4-2,9-15)13-16-12(17-21-13)10-6-5-7-11(8-10)18(19)20/h5-8H,3-4,9,15H2,1-2H3. The fourth-order valence-corrected chi connectivity index (χ4v) is 2.24. The predicted molar refractivity (Wildman–Crippen MR) is 77.7 cm³/mol. The summed E-state index contributed by atoms with van der Waals surface area (Å²) < 4.78 is 5.35. The highest BCUT2D eigenvalue weighted by Gasteiger charge is 2.33. The van der Waals surface area contributed by atoms with Crippen LogP contribution in [0.25, 0.3) is 11.4 Å². The molecule has 0 saturated carbocycles. The van der Waals surface area contributed by atoms with Gasteiger partial charge in [0.2, 0.25) is 11.7 Å². The maximum Gasteiger partial charge on any atom is 0.270 e. The summed E-state index contributed by atoms with van der Waals surface area (Å²) in [4.78, 5) is 14.7. The van der Waals surface area contributed by atoms with Crippen molar-refractivity contribution in [2.75, 3.05) is 6.54 Å². The lowest BCUT2D eigenvalue weighted by atomic mass is 9.82. The molecule has 0 saturated heterocycles. The zero-order chi connectivity index (χ0) is 15.5. The molecule has 21 heavy (non-hydrogen) atoms. The van der Waals surface area contributed by atoms with Gasteiger partial charge in [0.25, 0.3) is 5.69 Å². The molecule has 1 aromatic heterocycles. The average molecular weight is 290 g/mol. The summed E-state index contributed by atoms with van der Waals surface area (Å²) in [7, 11) is 0. The van der Waals surface area contributed by atoms with Gasteiger partial charge in [0.15, 0.2) is 0 Å². The fourth-order valence-electron chi connectivity index (χ4n) is 2.24. The molecule has 0 aliphatic heterocycles. The van der Waals surface area contributed by atoms with Crippen LogP contribution in [0.3, 0.4) is 0 Å². The van der Waals surface area contributed by atoms with Crippen LogP contribution in [0.4, 0.5) is 5.69 Å². The van der Waals surface area contributed by atoms with Crippen molar-refractivity contribution in [3.8, 4) is 11.4 Å². The number of nitrogens with two attached hydrogens (primary N) is 1. The molecule has 2 N–H and O–H groups in total. The molecule has 0 bridgehead atoms. The summed E-state index contributed by atoms with van der Waals surface area (Å²) in [5.74, 6) is 0.824. The molecule has 1 aromatic carbocycles. The lowest BCUT2D eigenvalue weighted by Gasteiger charge is -2.24. The van der Waals surface area contributed by atoms with Gasteiger partial charge in [0, 0.05) is 24.2 Å². The number of non-ortho nitro benzene ring substituents is 1. The Kier molecular flexibility index (Phi) is 4.32. The van der Waals surface area contributed by atoms with Gasteiger partial charge in [-0.15, -0.1) is 0 Å². The third kappa shape index (κ3) is 2.78. The Balaban J connectivity index is 2.40. The van der Waals surface area contributed by atoms with E-state index in [-0.39, 0.29) is 11.1 Å². The lowest BCUT2D eigenvalue weighted by molar-refractivity contribution is -0.384. The van der Waals surface area contributed by atoms with Crippen molar-refractivity contribution in [2.45, 2.75) is 32.1 Å². The van der Waals surface area contributed by atoms with Crippen molar-refractivity contribution in [1.82, 2.24) is 10.1 Å². The van der Waals surface area contributed by atoms with E-state index >= 15 is 0 Å². The van der Waals surface area contributed by atoms with Crippen molar-refractivity contribution in [3.63, 3.8) is 0 Å². The molecule has 2 aromatic rings. The maximum absolute atomic E-state index is 10.8. The summed E-state index contributed by atoms with van der Waals surface area (Å²) in [6.45, 7) is 4.46. The highest BCUT2D eigenvalue weighted by atomic mass is 16.6. The van der Waals surface area contributed by atoms with Crippen LogP contribution < -0.4 is 5.73 Å². The molecule has 2 rings (SSSR count). The molecule has 1 heterocycles. The van der Waals surface area contributed by atoms with Crippen LogP contribution >= 0.6 is 0 Å². The molecule has 112 valence electrons. The number of hydrogen-bond donors (Lipinski definition) is 1. The lowest BCUT2D eigenvalue weighted by Crippen LogP contribution is -2.34. The zero-order valence-electron chi connectivity index (χ0n) is 12.1. The van der Waals surface area contributed by atoms with Gasteiger partial charge in [-0.3, -0.25) is 10.1 Å². The normalized spacial score (nSPS) is 11.6. The van der Waals surface area contributed by atoms with E-state index in [2.05, 4.69) is 10.1 Å². The van der Waals surface area contributed by atoms with Gasteiger partial charge in [0.05, 0.1) is 10.3 Å². The molecule has 0 spiro atoms. The first-order valence-electron chi connectivity index (χ1n) is 6.85. The molecule has 0 unspecified atom stereocenters. The minimum atomic E-state index is -0.452. The van der Waals surface area contributed by atoms with Gasteiger partial charge < -0.3 is 10.3 Å². The number of aromatic nitrogens is 2. The van der Waals surface area contributed by atoms with E-state index in [9.17, 15) is 10.1 Å². The second kappa shape index (κ2) is 6.01. The third-order valence-electron chi connectivity index (χ3n) is 3.94. The Morgan fingerprint density at radius 2 is 2.10 bits per heavy atom. The van der Waals surface area contributed by atoms with Crippen LogP contribution in [0, 0.1) is 10.1 Å². The van der Waals surface area contributed by atoms with E-state index in [0.29, 0.717) is 23.8 Å². The van der Waals surface area contributed by atoms with E-state index in [0.717, 1.165) is 12.8 Å². The minimum absolute atomic E-state index is 0.00470. The van der Waals surface area contributed by atoms with E-state index in [1.54, 1.807) is 12.1 Å². The molecule has 0 aliphatic carbocycles. The molecular formula is C14H18N4O3. The first-order valence-corrected chi connectivity index (χ1v) is 6.85. The molecule has 7 nitrogen and oxygen atoms in total. The SMILES string of the molecule is CCC(CC)(CN)c1nc(-c2cccc([N+](=O)[O-])c2)no1. The number of hydrogen-bond acceptors (Lipinski definition) is 6. The van der Waals surface area contributed by atoms with E-state index in [4.69, 9.17) is 10.3 Å². The van der Waals surface area contributed by atoms with Gasteiger partial charge in [-0.05, 0) is 12.8 Å². The van der Waals surface area contributed by atoms with Gasteiger partial charge in [-0.1, -0.05) is 31.1 Å². The number of rotatable bonds is 6. The van der Waals surface area contributed by atoms with Crippen molar-refractivity contribution < 1.29 is 9.45 Å². The Morgan fingerprint density at radius 3 is 2.67 bits per heavy atom. The smallest absolute Gasteiger partial charge is 0.270 e. The second-order valence-corrected chi connectivity index (χ2v) is 4.92. The van der Waals surface area contributed by atoms with Crippen molar-refractivity contribution in [2.24, 2.45) is 5.73 Å². The quantitative estimate of drug-likeness (QED) is 0.647. The van der Waals surface area contributed by atoms with Gasteiger partial charge in [-0.25, -0.2) is 0 Å². The Bertz CT molecular complexity index is 626. The van der Waals surface area contributed by atoms with Gasteiger partial charge in [-0.2, -0.15) is 4.98 Å². The van der Waals surface area contributed by atoms with E-state index in [1.807, 2.05) is 13.8 Å². The summed E-state index contributed by atoms with van der Waals surface area (Å²) in [6.07, 6.45) is 1.58. The monoisotopic (exact) mass is 290 g/mol. The molecule has 0 amide bonds. The van der Waals surface area contributed by atoms with Crippen LogP contribution in [-0.2, 0) is 5.41 Å². The largest absolute Gasteiger partial charge is 0.338 e. The van der Waals surface area contributed by atoms with Crippen molar-refractivity contribution in [1.29, 1.82) is 0 Å². The molecule has 0 fully saturated rings. The average Bonchev–Trinajstić information content (AvgIpc) is 3.00. The first-order chi connectivity index (χ1) is 10.1. The van der Waals surface area contributed by atoms with Crippen LogP contribution in [0.5, 0.6) is 0 Å². The maximum atomic E-state index is 10.8. The molecule has 7 heteroatoms. The van der Waals surface area contributed by atoms with Crippen molar-refractivity contribution in [3.05, 3.63) is 40.3 Å². The number of benzene rings is 1. The first kappa shape index (κ1) is 15.1. The molecular weight excluding hydrogens is 272 g/mol. The van der Waals surface area contributed by atoms with Crippen LogP contribution in [0.1, 0.15) is 32.6 Å². The highest BCUT2D eigenvalue weighted by molar-refractivity contribution is 5.58. The van der Waals surface area contributed by atoms with Gasteiger partial charge >= 0.3 is 0 Å². The molecule has 0 radical (unpaired) electrons. The highest BCUT2D eigenvalue weighted by Crippen LogP contribution is 2.31. The summed E-state index contributed by atoms with van der Waals surface area (Å²) in [6, 6.07) is 6.16. The summed E-state index contributed by atoms with van der Waals surface area (Å²) in [5, 5.41) is 14.7. The Labute approximate surface area is 122 Å². The fraction of sp³-hybridized carbons (Fsp3) is 0.429. The van der Waals surface area contributed by atoms with Crippen LogP contribution in [0.2, 0.25) is 0 Å². The zero-order valence-corrected chi connectivity index (χ0v) is 12.1. The van der Waals surface area contributed by atoms with Crippen molar-refractivity contribution >= 4 is 5.69 Å². The third-order valence-corrected chi connectivity index (χ3v) is 3.94. The molecule has 0 atom stereocenters. The summed E-state index contributed by atoms with van der Waals surface area (Å²) >= 11 is 0. The molecule has 0 aliphatic rings. The summed E-state index contributed by atoms with van der Waals surface area (Å²) in [5.41, 5.74) is 6.06.